The Morgan fingerprint density at radius 2 is 1.62 bits per heavy atom. The lowest BCUT2D eigenvalue weighted by molar-refractivity contribution is 0.125. The lowest BCUT2D eigenvalue weighted by Crippen LogP contribution is -2.62. The second-order valence-electron chi connectivity index (χ2n) is 10.9. The Morgan fingerprint density at radius 3 is 2.22 bits per heavy atom. The molecule has 2 unspecified atom stereocenters. The minimum absolute atomic E-state index is 0.531. The first-order chi connectivity index (χ1) is 15.7. The predicted octanol–water partition coefficient (Wildman–Crippen LogP) is 5.37. The molecule has 2 atom stereocenters. The van der Waals surface area contributed by atoms with Gasteiger partial charge in [-0.2, -0.15) is 0 Å². The lowest BCUT2D eigenvalue weighted by atomic mass is 9.88. The highest BCUT2D eigenvalue weighted by molar-refractivity contribution is 5.43. The molecular formula is C27H47N5. The number of fused-ring (bicyclic) bond motifs is 2. The second-order valence-corrected chi connectivity index (χ2v) is 10.9. The van der Waals surface area contributed by atoms with Gasteiger partial charge in [-0.15, -0.1) is 0 Å². The number of likely N-dealkylation sites (tertiary alicyclic amines) is 1. The lowest BCUT2D eigenvalue weighted by Gasteiger charge is -2.52. The van der Waals surface area contributed by atoms with E-state index in [0.29, 0.717) is 24.0 Å². The van der Waals surface area contributed by atoms with E-state index in [9.17, 15) is 0 Å². The molecule has 180 valence electrons. The molecule has 5 heteroatoms. The Hall–Kier alpha value is -1.20. The second kappa shape index (κ2) is 11.8. The molecule has 1 aromatic heterocycles. The molecule has 5 nitrogen and oxygen atoms in total. The highest BCUT2D eigenvalue weighted by Gasteiger charge is 2.38. The summed E-state index contributed by atoms with van der Waals surface area (Å²) in [5, 5.41) is 3.44. The monoisotopic (exact) mass is 441 g/mol. The van der Waals surface area contributed by atoms with Crippen molar-refractivity contribution in [1.82, 2.24) is 20.2 Å². The van der Waals surface area contributed by atoms with Crippen LogP contribution in [0.15, 0.2) is 12.3 Å². The average molecular weight is 442 g/mol. The zero-order valence-electron chi connectivity index (χ0n) is 20.9. The van der Waals surface area contributed by atoms with E-state index in [-0.39, 0.29) is 0 Å². The van der Waals surface area contributed by atoms with Crippen molar-refractivity contribution in [3.63, 3.8) is 0 Å². The van der Waals surface area contributed by atoms with Crippen molar-refractivity contribution < 1.29 is 0 Å². The van der Waals surface area contributed by atoms with Crippen molar-refractivity contribution >= 4 is 5.82 Å². The van der Waals surface area contributed by atoms with Crippen LogP contribution < -0.4 is 10.2 Å². The highest BCUT2D eigenvalue weighted by Crippen LogP contribution is 2.34. The van der Waals surface area contributed by atoms with Crippen molar-refractivity contribution in [2.45, 2.75) is 115 Å². The Morgan fingerprint density at radius 1 is 0.938 bits per heavy atom. The number of piperazine rings is 1. The molecule has 0 aromatic carbocycles. The van der Waals surface area contributed by atoms with Gasteiger partial charge in [0.15, 0.2) is 0 Å². The van der Waals surface area contributed by atoms with Crippen molar-refractivity contribution in [2.24, 2.45) is 5.92 Å². The van der Waals surface area contributed by atoms with Gasteiger partial charge in [-0.1, -0.05) is 45.4 Å². The summed E-state index contributed by atoms with van der Waals surface area (Å²) in [6.07, 6.45) is 17.2. The third-order valence-corrected chi connectivity index (χ3v) is 8.41. The first-order valence-electron chi connectivity index (χ1n) is 13.7. The molecule has 0 amide bonds. The van der Waals surface area contributed by atoms with E-state index >= 15 is 0 Å². The van der Waals surface area contributed by atoms with Gasteiger partial charge in [0.05, 0.1) is 0 Å². The van der Waals surface area contributed by atoms with E-state index in [4.69, 9.17) is 4.98 Å². The van der Waals surface area contributed by atoms with Gasteiger partial charge < -0.3 is 10.2 Å². The predicted molar refractivity (Wildman–Crippen MR) is 134 cm³/mol. The quantitative estimate of drug-likeness (QED) is 0.680. The minimum atomic E-state index is 0.531. The summed E-state index contributed by atoms with van der Waals surface area (Å²) in [5.74, 6) is 3.86. The molecule has 4 aliphatic rings. The summed E-state index contributed by atoms with van der Waals surface area (Å²) in [5.41, 5.74) is 0. The van der Waals surface area contributed by atoms with Crippen LogP contribution in [0.5, 0.6) is 0 Å². The van der Waals surface area contributed by atoms with Gasteiger partial charge >= 0.3 is 0 Å². The zero-order valence-corrected chi connectivity index (χ0v) is 20.9. The Balaban J connectivity index is 0.000000260. The number of nitrogens with zero attached hydrogens (tertiary/aromatic N) is 4. The Labute approximate surface area is 196 Å². The summed E-state index contributed by atoms with van der Waals surface area (Å²) in [7, 11) is 0. The largest absolute Gasteiger partial charge is 0.348 e. The van der Waals surface area contributed by atoms with Crippen LogP contribution in [0.2, 0.25) is 0 Å². The van der Waals surface area contributed by atoms with Gasteiger partial charge in [0.1, 0.15) is 11.6 Å². The molecule has 1 saturated carbocycles. The summed E-state index contributed by atoms with van der Waals surface area (Å²) in [6, 6.07) is 4.03. The van der Waals surface area contributed by atoms with Crippen LogP contribution in [0.25, 0.3) is 0 Å². The van der Waals surface area contributed by atoms with Crippen molar-refractivity contribution in [1.29, 1.82) is 0 Å². The van der Waals surface area contributed by atoms with Crippen molar-refractivity contribution in [3.05, 3.63) is 18.1 Å². The standard InChI is InChI=1S/C19H31N5.C8H16/c1-14(2)23-12-16-4-3-5-17(13-23)24(16)18-8-11-21-19(22-18)15-6-9-20-10-7-15;1-2-8-6-4-3-5-7-8/h8,11,14-17,20H,3-7,9-10,12-13H2,1-2H3;8H,2-7H2,1H3. The summed E-state index contributed by atoms with van der Waals surface area (Å²) < 4.78 is 0. The Kier molecular flexibility index (Phi) is 8.82. The maximum absolute atomic E-state index is 5.04. The number of nitrogens with one attached hydrogen (secondary N) is 1. The van der Waals surface area contributed by atoms with Crippen molar-refractivity contribution in [2.75, 3.05) is 31.1 Å². The van der Waals surface area contributed by atoms with Gasteiger partial charge in [0.25, 0.3) is 0 Å². The van der Waals surface area contributed by atoms with Crippen LogP contribution in [0, 0.1) is 5.92 Å². The van der Waals surface area contributed by atoms with E-state index in [1.54, 1.807) is 0 Å². The normalized spacial score (nSPS) is 27.8. The SMILES string of the molecule is CC(C)N1CC2CCCC(C1)N2c1ccnc(C2CCNCC2)n1.CCC1CCCCC1. The molecule has 1 aliphatic carbocycles. The Bertz CT molecular complexity index is 666. The number of hydrogen-bond acceptors (Lipinski definition) is 5. The van der Waals surface area contributed by atoms with Crippen LogP contribution in [0.1, 0.15) is 103 Å². The van der Waals surface area contributed by atoms with Crippen LogP contribution in [-0.4, -0.2) is 59.2 Å². The topological polar surface area (TPSA) is 44.3 Å². The van der Waals surface area contributed by atoms with Gasteiger partial charge in [-0.3, -0.25) is 4.90 Å². The van der Waals surface area contributed by atoms with Crippen LogP contribution >= 0.6 is 0 Å². The molecule has 5 rings (SSSR count). The fourth-order valence-corrected chi connectivity index (χ4v) is 6.32. The molecule has 0 spiro atoms. The highest BCUT2D eigenvalue weighted by atomic mass is 15.3. The molecule has 2 bridgehead atoms. The van der Waals surface area contributed by atoms with E-state index in [1.807, 2.05) is 6.20 Å². The smallest absolute Gasteiger partial charge is 0.133 e. The molecule has 4 fully saturated rings. The van der Waals surface area contributed by atoms with E-state index in [0.717, 1.165) is 37.7 Å². The average Bonchev–Trinajstić information content (AvgIpc) is 2.84. The summed E-state index contributed by atoms with van der Waals surface area (Å²) in [4.78, 5) is 14.9. The maximum Gasteiger partial charge on any atom is 0.133 e. The van der Waals surface area contributed by atoms with Crippen molar-refractivity contribution in [3.8, 4) is 0 Å². The zero-order chi connectivity index (χ0) is 22.3. The van der Waals surface area contributed by atoms with Crippen LogP contribution in [0.4, 0.5) is 5.82 Å². The molecule has 0 radical (unpaired) electrons. The number of hydrogen-bond donors (Lipinski definition) is 1. The van der Waals surface area contributed by atoms with E-state index in [1.165, 1.54) is 76.7 Å². The van der Waals surface area contributed by atoms with Gasteiger partial charge in [-0.25, -0.2) is 9.97 Å². The molecule has 1 aromatic rings. The van der Waals surface area contributed by atoms with Gasteiger partial charge in [0, 0.05) is 43.3 Å². The number of rotatable bonds is 4. The third kappa shape index (κ3) is 6.02. The summed E-state index contributed by atoms with van der Waals surface area (Å²) >= 11 is 0. The first-order valence-corrected chi connectivity index (χ1v) is 13.7. The van der Waals surface area contributed by atoms with E-state index < -0.39 is 0 Å². The number of aromatic nitrogens is 2. The third-order valence-electron chi connectivity index (χ3n) is 8.41. The van der Waals surface area contributed by atoms with Crippen LogP contribution in [0.3, 0.4) is 0 Å². The van der Waals surface area contributed by atoms with Gasteiger partial charge in [-0.05, 0) is 71.0 Å². The maximum atomic E-state index is 5.04. The molecule has 3 aliphatic heterocycles. The van der Waals surface area contributed by atoms with Crippen LogP contribution in [-0.2, 0) is 0 Å². The fourth-order valence-electron chi connectivity index (χ4n) is 6.32. The molecule has 1 N–H and O–H groups in total. The first kappa shape index (κ1) is 23.9. The molecular weight excluding hydrogens is 394 g/mol. The summed E-state index contributed by atoms with van der Waals surface area (Å²) in [6.45, 7) is 11.5. The van der Waals surface area contributed by atoms with Gasteiger partial charge in [0.2, 0.25) is 0 Å². The molecule has 32 heavy (non-hydrogen) atoms. The molecule has 4 heterocycles. The fraction of sp³-hybridized carbons (Fsp3) is 0.852. The minimum Gasteiger partial charge on any atom is -0.348 e. The molecule has 3 saturated heterocycles. The number of piperidine rings is 2. The van der Waals surface area contributed by atoms with E-state index in [2.05, 4.69) is 46.9 Å². The number of anilines is 1.